The summed E-state index contributed by atoms with van der Waals surface area (Å²) >= 11 is -4.13. The number of halogens is 11. The van der Waals surface area contributed by atoms with E-state index in [1.165, 1.54) is 43.8 Å². The number of nitrogens with zero attached hydrogens (tertiary/aromatic N) is 7. The van der Waals surface area contributed by atoms with Crippen molar-refractivity contribution in [1.29, 1.82) is 5.26 Å². The van der Waals surface area contributed by atoms with Crippen LogP contribution in [0.2, 0.25) is 48.9 Å². The molecule has 5 aliphatic rings. The second-order valence-corrected chi connectivity index (χ2v) is 55.9. The molecular weight excluding hydrogens is 1940 g/mol. The zero-order valence-electron chi connectivity index (χ0n) is 59.4. The molecule has 0 aliphatic heterocycles. The van der Waals surface area contributed by atoms with E-state index >= 15 is 0 Å². The first kappa shape index (κ1) is 100. The fraction of sp³-hybridized carbons (Fsp3) is 0.486. The van der Waals surface area contributed by atoms with E-state index in [4.69, 9.17) is 95.4 Å². The van der Waals surface area contributed by atoms with Crippen LogP contribution in [0.3, 0.4) is 0 Å². The van der Waals surface area contributed by atoms with Gasteiger partial charge in [-0.25, -0.2) is 4.39 Å². The van der Waals surface area contributed by atoms with Crippen LogP contribution in [-0.2, 0) is 104 Å². The van der Waals surface area contributed by atoms with Crippen LogP contribution in [0.5, 0.6) is 28.7 Å². The van der Waals surface area contributed by atoms with Gasteiger partial charge in [-0.2, -0.15) is 5.26 Å². The van der Waals surface area contributed by atoms with E-state index in [-0.39, 0.29) is 40.5 Å². The number of phenolic OH excluding ortho intramolecular Hbond substituents is 5. The van der Waals surface area contributed by atoms with Gasteiger partial charge in [-0.1, -0.05) is 119 Å². The standard InChI is InChI=1S/C18H29NOSi.C15H23NOSi.C13H14N2O.C12H14FNO.C12H14N2O3.10ClH.5Zr/c1-5-21(6-2,7-3)17-11-16(12-17)19-13-15-10-8-9-14(4)18(15)20;1-11-6-5-7-12(15(11)17)10-16-13-8-14(9-13)18(2,3)4;1-9-3-2-4-11(13(9)16)8-15-12-5-10(6-12)7-14;1-8-3-2-4-9(12(8)15)7-14-11-5-10(13)6-11;1-8-3-2-4-9(12(8)15)7-13-10-5-11(6-10)14(16)17;;;;;;;;;;;;;;;/h8-10,13,16-17,20H,5-7,11-12H2,1-4H3;5-7,10,13-14,17H,8-9H2,1-4H3;2-4,8,10,12,16H,5-6H2,1H3;2-4,7,10-11,15H,5-6H2,1H3;2-4,7,10-11,15H,5-6H2,1H3;10*1H;;;;;/q;;;;;;;;;;;;;;;5*+2/p-10. The van der Waals surface area contributed by atoms with Crippen molar-refractivity contribution < 1.29 is 139 Å². The zero-order chi connectivity index (χ0) is 77.1. The van der Waals surface area contributed by atoms with E-state index < -0.39 is 133 Å². The summed E-state index contributed by atoms with van der Waals surface area (Å²) in [6, 6.07) is 35.5. The number of alkyl halides is 1. The van der Waals surface area contributed by atoms with Crippen molar-refractivity contribution in [3.8, 4) is 34.8 Å². The van der Waals surface area contributed by atoms with Gasteiger partial charge in [0.05, 0.1) is 38.2 Å². The van der Waals surface area contributed by atoms with Crippen LogP contribution in [0.15, 0.2) is 116 Å². The summed E-state index contributed by atoms with van der Waals surface area (Å²) in [5.41, 5.74) is 10.0. The number of aliphatic imine (C=N–C) groups is 5. The van der Waals surface area contributed by atoms with Crippen LogP contribution >= 0.6 is 85.1 Å². The molecule has 5 N–H and O–H groups in total. The van der Waals surface area contributed by atoms with Gasteiger partial charge in [0.15, 0.2) is 0 Å². The second kappa shape index (κ2) is 56.3. The molecule has 556 valence electrons. The van der Waals surface area contributed by atoms with Crippen LogP contribution in [0.4, 0.5) is 4.39 Å². The Morgan fingerprint density at radius 1 is 0.451 bits per heavy atom. The average molecular weight is 2030 g/mol. The Morgan fingerprint density at radius 3 is 0.892 bits per heavy atom. The van der Waals surface area contributed by atoms with Gasteiger partial charge in [-0.05, 0) is 142 Å². The Labute approximate surface area is 700 Å². The number of nitro groups is 1. The summed E-state index contributed by atoms with van der Waals surface area (Å²) in [6.07, 6.45) is 16.7. The first-order valence-electron chi connectivity index (χ1n) is 33.0. The van der Waals surface area contributed by atoms with Crippen molar-refractivity contribution in [3.63, 3.8) is 0 Å². The second-order valence-electron chi connectivity index (χ2n) is 26.0. The molecule has 0 aromatic heterocycles. The molecule has 0 heterocycles. The number of para-hydroxylation sites is 5. The van der Waals surface area contributed by atoms with Crippen molar-refractivity contribution in [2.75, 3.05) is 0 Å². The summed E-state index contributed by atoms with van der Waals surface area (Å²) < 4.78 is 12.5. The molecule has 5 aliphatic carbocycles. The molecule has 32 heteroatoms. The average Bonchev–Trinajstić information content (AvgIpc) is 0.794. The molecule has 0 unspecified atom stereocenters. The number of nitriles is 1. The van der Waals surface area contributed by atoms with Gasteiger partial charge in [0.2, 0.25) is 6.04 Å². The zero-order valence-corrected chi connectivity index (χ0v) is 81.2. The number of aromatic hydroxyl groups is 5. The predicted octanol–water partition coefficient (Wildman–Crippen LogP) is 23.0. The van der Waals surface area contributed by atoms with Gasteiger partial charge < -0.3 is 25.5 Å². The van der Waals surface area contributed by atoms with Gasteiger partial charge in [0.1, 0.15) is 34.9 Å². The molecular formula is C70H94Cl10FN7O7Si2Zr5. The number of hydrogen-bond acceptors (Lipinski definition) is 13. The number of rotatable bonds is 16. The van der Waals surface area contributed by atoms with Gasteiger partial charge >= 0.3 is 189 Å². The molecule has 5 fully saturated rings. The van der Waals surface area contributed by atoms with Gasteiger partial charge in [0, 0.05) is 110 Å². The third-order valence-corrected chi connectivity index (χ3v) is 28.0. The third-order valence-electron chi connectivity index (χ3n) is 18.6. The minimum absolute atomic E-state index is 0.0188. The molecule has 5 aromatic rings. The first-order valence-corrected chi connectivity index (χ1v) is 71.0. The molecule has 0 radical (unpaired) electrons. The number of benzene rings is 5. The Morgan fingerprint density at radius 2 is 0.676 bits per heavy atom. The summed E-state index contributed by atoms with van der Waals surface area (Å²) in [7, 11) is 47.3. The SMILES string of the molecule is CC[Si](CC)(CC)C1CC(N=Cc2cccc(C)c2O)C1.Cc1cccc(C=NC2CC(C#N)C2)c1O.Cc1cccc(C=NC2CC(F)C2)c1O.Cc1cccc(C=NC2CC([N+](=O)[O-])C2)c1O.Cc1cccc(C=NC2CC([Si](C)(C)C)C2)c1O.[Cl][Zr][Cl].[Cl][Zr][Cl].[Cl][Zr][Cl].[Cl][Zr][Cl].[Cl][Zr][Cl]. The number of hydrogen-bond donors (Lipinski definition) is 5. The summed E-state index contributed by atoms with van der Waals surface area (Å²) in [5.74, 6) is 1.69. The predicted molar refractivity (Wildman–Crippen MR) is 419 cm³/mol. The Balaban J connectivity index is 0.000000608. The van der Waals surface area contributed by atoms with Crippen LogP contribution < -0.4 is 0 Å². The van der Waals surface area contributed by atoms with E-state index in [1.54, 1.807) is 30.8 Å². The third kappa shape index (κ3) is 37.4. The fourth-order valence-corrected chi connectivity index (χ4v) is 18.1. The minimum atomic E-state index is -1.03. The summed E-state index contributed by atoms with van der Waals surface area (Å²) in [4.78, 5) is 32.3. The maximum atomic E-state index is 12.5. The maximum absolute atomic E-state index is 12.5. The molecule has 102 heavy (non-hydrogen) atoms. The van der Waals surface area contributed by atoms with E-state index in [2.05, 4.69) is 66.5 Å². The van der Waals surface area contributed by atoms with Gasteiger partial charge in [-0.3, -0.25) is 35.1 Å². The molecule has 5 aromatic carbocycles. The van der Waals surface area contributed by atoms with Crippen molar-refractivity contribution in [2.45, 2.75) is 211 Å². The van der Waals surface area contributed by atoms with Crippen molar-refractivity contribution in [2.24, 2.45) is 30.9 Å². The Hall–Kier alpha value is 0.0194. The monoisotopic (exact) mass is 2020 g/mol. The summed E-state index contributed by atoms with van der Waals surface area (Å²) in [6.45, 7) is 23.8. The molecule has 0 spiro atoms. The van der Waals surface area contributed by atoms with Crippen molar-refractivity contribution in [1.82, 2.24) is 0 Å². The molecule has 0 bridgehead atoms. The molecule has 0 amide bonds. The first-order chi connectivity index (χ1) is 48.4. The molecule has 10 rings (SSSR count). The van der Waals surface area contributed by atoms with Crippen LogP contribution in [0.1, 0.15) is 141 Å². The van der Waals surface area contributed by atoms with Gasteiger partial charge in [0.25, 0.3) is 0 Å². The topological polar surface area (TPSA) is 230 Å². The van der Waals surface area contributed by atoms with E-state index in [0.29, 0.717) is 66.1 Å². The molecule has 0 atom stereocenters. The normalized spacial score (nSPS) is 21.0. The quantitative estimate of drug-likeness (QED) is 0.0275. The van der Waals surface area contributed by atoms with Crippen LogP contribution in [0, 0.1) is 62.0 Å². The Bertz CT molecular complexity index is 3410. The number of phenols is 5. The van der Waals surface area contributed by atoms with Crippen LogP contribution in [-0.4, -0.2) is 120 Å². The van der Waals surface area contributed by atoms with Crippen molar-refractivity contribution in [3.05, 3.63) is 157 Å². The van der Waals surface area contributed by atoms with E-state index in [9.17, 15) is 40.0 Å². The molecule has 5 saturated carbocycles. The van der Waals surface area contributed by atoms with E-state index in [0.717, 1.165) is 68.4 Å². The van der Waals surface area contributed by atoms with Crippen molar-refractivity contribution >= 4 is 132 Å². The fourth-order valence-electron chi connectivity index (χ4n) is 11.4. The number of aryl methyl sites for hydroxylation is 5. The molecule has 0 saturated heterocycles. The summed E-state index contributed by atoms with van der Waals surface area (Å²) in [5, 5.41) is 68.1. The molecule has 14 nitrogen and oxygen atoms in total. The Kier molecular flexibility index (Phi) is 55.2. The van der Waals surface area contributed by atoms with Gasteiger partial charge in [-0.15, -0.1) is 0 Å². The van der Waals surface area contributed by atoms with E-state index in [1.807, 2.05) is 126 Å². The van der Waals surface area contributed by atoms with Crippen LogP contribution in [0.25, 0.3) is 0 Å².